The van der Waals surface area contributed by atoms with Gasteiger partial charge in [0.15, 0.2) is 0 Å². The maximum absolute atomic E-state index is 5.15. The van der Waals surface area contributed by atoms with Crippen LogP contribution in [0.25, 0.3) is 0 Å². The minimum absolute atomic E-state index is 0.709. The molecule has 3 nitrogen and oxygen atoms in total. The Hall–Kier alpha value is -1.09. The molecule has 0 unspecified atom stereocenters. The predicted octanol–water partition coefficient (Wildman–Crippen LogP) is 1.76. The van der Waals surface area contributed by atoms with Crippen molar-refractivity contribution in [3.05, 3.63) is 23.4 Å². The summed E-state index contributed by atoms with van der Waals surface area (Å²) in [6.45, 7) is 3.01. The Balaban J connectivity index is 2.88. The minimum Gasteiger partial charge on any atom is -0.481 e. The number of nitrogens with one attached hydrogen (secondary N) is 1. The molecule has 3 heteroatoms. The van der Waals surface area contributed by atoms with Gasteiger partial charge in [0, 0.05) is 18.3 Å². The molecule has 1 aromatic rings. The second-order valence-electron chi connectivity index (χ2n) is 3.29. The maximum atomic E-state index is 5.15. The molecule has 0 saturated heterocycles. The van der Waals surface area contributed by atoms with Crippen LogP contribution in [0.2, 0.25) is 0 Å². The number of hydrogen-bond acceptors (Lipinski definition) is 3. The number of pyridine rings is 1. The summed E-state index contributed by atoms with van der Waals surface area (Å²) in [4.78, 5) is 4.37. The van der Waals surface area contributed by atoms with E-state index in [1.54, 1.807) is 7.11 Å². The second kappa shape index (κ2) is 5.60. The van der Waals surface area contributed by atoms with Crippen LogP contribution < -0.4 is 10.1 Å². The van der Waals surface area contributed by atoms with Crippen molar-refractivity contribution in [3.8, 4) is 5.88 Å². The summed E-state index contributed by atoms with van der Waals surface area (Å²) in [6.07, 6.45) is 2.12. The highest BCUT2D eigenvalue weighted by molar-refractivity contribution is 5.25. The van der Waals surface area contributed by atoms with Crippen LogP contribution in [-0.2, 0) is 13.0 Å². The molecule has 0 atom stereocenters. The average Bonchev–Trinajstić information content (AvgIpc) is 2.18. The van der Waals surface area contributed by atoms with Gasteiger partial charge in [0.1, 0.15) is 0 Å². The highest BCUT2D eigenvalue weighted by Crippen LogP contribution is 2.13. The van der Waals surface area contributed by atoms with Crippen molar-refractivity contribution in [2.75, 3.05) is 14.2 Å². The van der Waals surface area contributed by atoms with Crippen molar-refractivity contribution in [2.24, 2.45) is 0 Å². The third-order valence-electron chi connectivity index (χ3n) is 2.01. The first-order valence-electron chi connectivity index (χ1n) is 4.98. The number of nitrogens with zero attached hydrogens (tertiary/aromatic N) is 1. The van der Waals surface area contributed by atoms with Crippen molar-refractivity contribution in [1.29, 1.82) is 0 Å². The van der Waals surface area contributed by atoms with E-state index < -0.39 is 0 Å². The molecular weight excluding hydrogens is 176 g/mol. The SMILES string of the molecule is CCCc1cc(CNC)cc(OC)n1. The number of aromatic nitrogens is 1. The van der Waals surface area contributed by atoms with Gasteiger partial charge >= 0.3 is 0 Å². The standard InChI is InChI=1S/C11H18N2O/c1-4-5-10-6-9(8-12-2)7-11(13-10)14-3/h6-7,12H,4-5,8H2,1-3H3. The second-order valence-corrected chi connectivity index (χ2v) is 3.29. The zero-order chi connectivity index (χ0) is 10.4. The average molecular weight is 194 g/mol. The normalized spacial score (nSPS) is 10.2. The summed E-state index contributed by atoms with van der Waals surface area (Å²) in [5.41, 5.74) is 2.33. The molecule has 0 aliphatic heterocycles. The molecule has 0 fully saturated rings. The summed E-state index contributed by atoms with van der Waals surface area (Å²) >= 11 is 0. The summed E-state index contributed by atoms with van der Waals surface area (Å²) < 4.78 is 5.15. The number of aryl methyl sites for hydroxylation is 1. The van der Waals surface area contributed by atoms with Gasteiger partial charge in [-0.15, -0.1) is 0 Å². The van der Waals surface area contributed by atoms with E-state index in [9.17, 15) is 0 Å². The molecule has 1 aromatic heterocycles. The van der Waals surface area contributed by atoms with Crippen LogP contribution in [-0.4, -0.2) is 19.1 Å². The van der Waals surface area contributed by atoms with Gasteiger partial charge in [-0.1, -0.05) is 13.3 Å². The van der Waals surface area contributed by atoms with Crippen molar-refractivity contribution in [2.45, 2.75) is 26.3 Å². The Bertz CT molecular complexity index is 262. The van der Waals surface area contributed by atoms with E-state index in [1.807, 2.05) is 13.1 Å². The van der Waals surface area contributed by atoms with E-state index in [1.165, 1.54) is 5.56 Å². The zero-order valence-corrected chi connectivity index (χ0v) is 9.13. The van der Waals surface area contributed by atoms with E-state index in [-0.39, 0.29) is 0 Å². The quantitative estimate of drug-likeness (QED) is 0.775. The van der Waals surface area contributed by atoms with Gasteiger partial charge in [-0.05, 0) is 25.1 Å². The van der Waals surface area contributed by atoms with E-state index in [0.29, 0.717) is 5.88 Å². The molecule has 1 rings (SSSR count). The van der Waals surface area contributed by atoms with Gasteiger partial charge in [-0.3, -0.25) is 0 Å². The van der Waals surface area contributed by atoms with Crippen LogP contribution in [0.3, 0.4) is 0 Å². The van der Waals surface area contributed by atoms with E-state index >= 15 is 0 Å². The number of methoxy groups -OCH3 is 1. The van der Waals surface area contributed by atoms with Crippen LogP contribution >= 0.6 is 0 Å². The molecule has 1 N–H and O–H groups in total. The largest absolute Gasteiger partial charge is 0.481 e. The van der Waals surface area contributed by atoms with E-state index in [4.69, 9.17) is 4.74 Å². The molecule has 78 valence electrons. The first kappa shape index (κ1) is 11.0. The van der Waals surface area contributed by atoms with Gasteiger partial charge in [-0.25, -0.2) is 4.98 Å². The Morgan fingerprint density at radius 1 is 1.43 bits per heavy atom. The van der Waals surface area contributed by atoms with Gasteiger partial charge in [0.05, 0.1) is 7.11 Å². The molecule has 1 heterocycles. The van der Waals surface area contributed by atoms with E-state index in [2.05, 4.69) is 23.3 Å². The lowest BCUT2D eigenvalue weighted by Crippen LogP contribution is -2.06. The molecule has 0 saturated carbocycles. The molecule has 0 radical (unpaired) electrons. The number of hydrogen-bond donors (Lipinski definition) is 1. The molecule has 0 aliphatic carbocycles. The third kappa shape index (κ3) is 3.00. The molecular formula is C11H18N2O. The fourth-order valence-electron chi connectivity index (χ4n) is 1.42. The van der Waals surface area contributed by atoms with Gasteiger partial charge in [0.2, 0.25) is 5.88 Å². The summed E-state index contributed by atoms with van der Waals surface area (Å²) in [5.74, 6) is 0.709. The van der Waals surface area contributed by atoms with Crippen LogP contribution in [0.4, 0.5) is 0 Å². The van der Waals surface area contributed by atoms with E-state index in [0.717, 1.165) is 25.1 Å². The Morgan fingerprint density at radius 3 is 2.79 bits per heavy atom. The predicted molar refractivity (Wildman–Crippen MR) is 57.5 cm³/mol. The lowest BCUT2D eigenvalue weighted by atomic mass is 10.1. The Morgan fingerprint density at radius 2 is 2.21 bits per heavy atom. The van der Waals surface area contributed by atoms with Crippen LogP contribution in [0.5, 0.6) is 5.88 Å². The number of ether oxygens (including phenoxy) is 1. The lowest BCUT2D eigenvalue weighted by Gasteiger charge is -2.06. The monoisotopic (exact) mass is 194 g/mol. The third-order valence-corrected chi connectivity index (χ3v) is 2.01. The summed E-state index contributed by atoms with van der Waals surface area (Å²) in [7, 11) is 3.59. The topological polar surface area (TPSA) is 34.1 Å². The zero-order valence-electron chi connectivity index (χ0n) is 9.13. The lowest BCUT2D eigenvalue weighted by molar-refractivity contribution is 0.395. The fraction of sp³-hybridized carbons (Fsp3) is 0.545. The number of rotatable bonds is 5. The van der Waals surface area contributed by atoms with Crippen LogP contribution in [0, 0.1) is 0 Å². The highest BCUT2D eigenvalue weighted by atomic mass is 16.5. The van der Waals surface area contributed by atoms with Gasteiger partial charge in [-0.2, -0.15) is 0 Å². The summed E-state index contributed by atoms with van der Waals surface area (Å²) in [6, 6.07) is 4.10. The van der Waals surface area contributed by atoms with Gasteiger partial charge < -0.3 is 10.1 Å². The van der Waals surface area contributed by atoms with Crippen molar-refractivity contribution < 1.29 is 4.74 Å². The molecule has 0 bridgehead atoms. The maximum Gasteiger partial charge on any atom is 0.213 e. The summed E-state index contributed by atoms with van der Waals surface area (Å²) in [5, 5.41) is 3.12. The fourth-order valence-corrected chi connectivity index (χ4v) is 1.42. The van der Waals surface area contributed by atoms with Gasteiger partial charge in [0.25, 0.3) is 0 Å². The molecule has 14 heavy (non-hydrogen) atoms. The van der Waals surface area contributed by atoms with Crippen molar-refractivity contribution in [1.82, 2.24) is 10.3 Å². The first-order valence-corrected chi connectivity index (χ1v) is 4.98. The molecule has 0 aromatic carbocycles. The Kier molecular flexibility index (Phi) is 4.40. The van der Waals surface area contributed by atoms with Crippen molar-refractivity contribution in [3.63, 3.8) is 0 Å². The molecule has 0 amide bonds. The molecule has 0 aliphatic rings. The van der Waals surface area contributed by atoms with Crippen molar-refractivity contribution >= 4 is 0 Å². The highest BCUT2D eigenvalue weighted by Gasteiger charge is 2.01. The minimum atomic E-state index is 0.709. The van der Waals surface area contributed by atoms with Crippen LogP contribution in [0.15, 0.2) is 12.1 Å². The van der Waals surface area contributed by atoms with Crippen LogP contribution in [0.1, 0.15) is 24.6 Å². The first-order chi connectivity index (χ1) is 6.80. The smallest absolute Gasteiger partial charge is 0.213 e. The Labute approximate surface area is 85.5 Å². The molecule has 0 spiro atoms.